The largest absolute Gasteiger partial charge is 0.480 e. The van der Waals surface area contributed by atoms with Crippen molar-refractivity contribution in [3.63, 3.8) is 0 Å². The summed E-state index contributed by atoms with van der Waals surface area (Å²) in [5.74, 6) is 0.498. The first-order valence-corrected chi connectivity index (χ1v) is 9.01. The van der Waals surface area contributed by atoms with Crippen LogP contribution in [0.1, 0.15) is 17.5 Å². The van der Waals surface area contributed by atoms with Crippen LogP contribution in [-0.2, 0) is 17.6 Å². The highest BCUT2D eigenvalue weighted by Gasteiger charge is 2.37. The summed E-state index contributed by atoms with van der Waals surface area (Å²) < 4.78 is 6.17. The number of hydrogen-bond acceptors (Lipinski definition) is 3. The molecular weight excluding hydrogens is 338 g/mol. The van der Waals surface area contributed by atoms with Crippen molar-refractivity contribution in [3.8, 4) is 22.6 Å². The second kappa shape index (κ2) is 6.89. The van der Waals surface area contributed by atoms with Gasteiger partial charge in [-0.2, -0.15) is 0 Å². The summed E-state index contributed by atoms with van der Waals surface area (Å²) in [4.78, 5) is 11.5. The van der Waals surface area contributed by atoms with Gasteiger partial charge in [-0.1, -0.05) is 54.6 Å². The van der Waals surface area contributed by atoms with E-state index in [1.165, 1.54) is 0 Å². The van der Waals surface area contributed by atoms with Gasteiger partial charge in [0.05, 0.1) is 0 Å². The molecule has 3 aromatic rings. The number of fused-ring (bicyclic) bond motifs is 1. The molecule has 1 aliphatic rings. The lowest BCUT2D eigenvalue weighted by molar-refractivity contribution is -0.143. The third-order valence-electron chi connectivity index (χ3n) is 5.15. The number of aliphatic carboxylic acids is 1. The Balaban J connectivity index is 1.65. The van der Waals surface area contributed by atoms with Crippen molar-refractivity contribution < 1.29 is 14.6 Å². The van der Waals surface area contributed by atoms with E-state index in [2.05, 4.69) is 0 Å². The molecule has 1 atom stereocenters. The number of hydrogen-bond donors (Lipinski definition) is 2. The van der Waals surface area contributed by atoms with E-state index in [1.54, 1.807) is 0 Å². The van der Waals surface area contributed by atoms with Gasteiger partial charge in [0.1, 0.15) is 17.0 Å². The minimum atomic E-state index is -1.20. The summed E-state index contributed by atoms with van der Waals surface area (Å²) in [6.07, 6.45) is 1.43. The smallest absolute Gasteiger partial charge is 0.324 e. The Morgan fingerprint density at radius 2 is 1.70 bits per heavy atom. The van der Waals surface area contributed by atoms with Crippen LogP contribution in [0.25, 0.3) is 11.1 Å². The van der Waals surface area contributed by atoms with E-state index < -0.39 is 11.5 Å². The van der Waals surface area contributed by atoms with Gasteiger partial charge in [-0.25, -0.2) is 0 Å². The maximum atomic E-state index is 11.5. The number of carboxylic acid groups (broad SMARTS) is 1. The summed E-state index contributed by atoms with van der Waals surface area (Å²) >= 11 is 0. The van der Waals surface area contributed by atoms with Crippen molar-refractivity contribution in [2.24, 2.45) is 5.73 Å². The van der Waals surface area contributed by atoms with Gasteiger partial charge >= 0.3 is 5.97 Å². The highest BCUT2D eigenvalue weighted by molar-refractivity contribution is 5.79. The van der Waals surface area contributed by atoms with Crippen LogP contribution in [0.15, 0.2) is 72.8 Å². The summed E-state index contributed by atoms with van der Waals surface area (Å²) in [7, 11) is 0. The normalized spacial score (nSPS) is 18.6. The second-order valence-corrected chi connectivity index (χ2v) is 7.03. The minimum absolute atomic E-state index is 0.315. The summed E-state index contributed by atoms with van der Waals surface area (Å²) in [6, 6.07) is 23.8. The number of para-hydroxylation sites is 1. The van der Waals surface area contributed by atoms with Gasteiger partial charge in [-0.3, -0.25) is 4.79 Å². The highest BCUT2D eigenvalue weighted by Crippen LogP contribution is 2.35. The zero-order valence-corrected chi connectivity index (χ0v) is 14.9. The molecule has 27 heavy (non-hydrogen) atoms. The summed E-state index contributed by atoms with van der Waals surface area (Å²) in [6.45, 7) is 0. The third kappa shape index (κ3) is 3.44. The molecule has 3 aromatic carbocycles. The molecule has 0 aliphatic heterocycles. The number of nitrogens with two attached hydrogens (primary N) is 1. The third-order valence-corrected chi connectivity index (χ3v) is 5.15. The molecule has 0 spiro atoms. The molecule has 136 valence electrons. The van der Waals surface area contributed by atoms with Gasteiger partial charge in [0.2, 0.25) is 0 Å². The summed E-state index contributed by atoms with van der Waals surface area (Å²) in [5.41, 5.74) is 9.05. The van der Waals surface area contributed by atoms with Gasteiger partial charge < -0.3 is 15.6 Å². The quantitative estimate of drug-likeness (QED) is 0.723. The SMILES string of the molecule is NC1(C(=O)O)CCc2ccc(Oc3ccccc3-c3ccccc3)cc2C1. The Bertz CT molecular complexity index is 984. The van der Waals surface area contributed by atoms with Crippen molar-refractivity contribution in [2.45, 2.75) is 24.8 Å². The van der Waals surface area contributed by atoms with E-state index in [0.717, 1.165) is 28.0 Å². The van der Waals surface area contributed by atoms with Gasteiger partial charge in [0, 0.05) is 12.0 Å². The van der Waals surface area contributed by atoms with E-state index in [-0.39, 0.29) is 0 Å². The lowest BCUT2D eigenvalue weighted by Gasteiger charge is -2.31. The van der Waals surface area contributed by atoms with E-state index in [0.29, 0.717) is 25.0 Å². The summed E-state index contributed by atoms with van der Waals surface area (Å²) in [5, 5.41) is 9.43. The van der Waals surface area contributed by atoms with Gasteiger partial charge in [0.15, 0.2) is 0 Å². The molecule has 0 saturated heterocycles. The maximum absolute atomic E-state index is 11.5. The topological polar surface area (TPSA) is 72.6 Å². The molecule has 0 bridgehead atoms. The van der Waals surface area contributed by atoms with Gasteiger partial charge in [-0.15, -0.1) is 0 Å². The van der Waals surface area contributed by atoms with Crippen LogP contribution in [-0.4, -0.2) is 16.6 Å². The van der Waals surface area contributed by atoms with Crippen LogP contribution < -0.4 is 10.5 Å². The monoisotopic (exact) mass is 359 g/mol. The first-order chi connectivity index (χ1) is 13.0. The molecule has 0 radical (unpaired) electrons. The fourth-order valence-corrected chi connectivity index (χ4v) is 3.58. The van der Waals surface area contributed by atoms with Gasteiger partial charge in [0.25, 0.3) is 0 Å². The Kier molecular flexibility index (Phi) is 4.42. The van der Waals surface area contributed by atoms with Crippen LogP contribution in [0.5, 0.6) is 11.5 Å². The van der Waals surface area contributed by atoms with Crippen molar-refractivity contribution >= 4 is 5.97 Å². The number of carbonyl (C=O) groups is 1. The molecule has 4 rings (SSSR count). The van der Waals surface area contributed by atoms with E-state index in [9.17, 15) is 9.90 Å². The van der Waals surface area contributed by atoms with Crippen molar-refractivity contribution in [1.82, 2.24) is 0 Å². The van der Waals surface area contributed by atoms with Crippen molar-refractivity contribution in [1.29, 1.82) is 0 Å². The van der Waals surface area contributed by atoms with E-state index in [1.807, 2.05) is 72.8 Å². The van der Waals surface area contributed by atoms with Crippen LogP contribution in [0.3, 0.4) is 0 Å². The molecule has 4 nitrogen and oxygen atoms in total. The second-order valence-electron chi connectivity index (χ2n) is 7.03. The predicted octanol–water partition coefficient (Wildman–Crippen LogP) is 4.42. The highest BCUT2D eigenvalue weighted by atomic mass is 16.5. The van der Waals surface area contributed by atoms with Gasteiger partial charge in [-0.05, 0) is 47.7 Å². The number of aryl methyl sites for hydroxylation is 1. The predicted molar refractivity (Wildman–Crippen MR) is 105 cm³/mol. The Morgan fingerprint density at radius 3 is 2.48 bits per heavy atom. The zero-order valence-electron chi connectivity index (χ0n) is 14.9. The van der Waals surface area contributed by atoms with Crippen LogP contribution in [0, 0.1) is 0 Å². The Labute approximate surface area is 158 Å². The zero-order chi connectivity index (χ0) is 18.9. The fraction of sp³-hybridized carbons (Fsp3) is 0.174. The molecule has 1 aliphatic carbocycles. The average Bonchev–Trinajstić information content (AvgIpc) is 2.69. The average molecular weight is 359 g/mol. The molecule has 0 aromatic heterocycles. The number of ether oxygens (including phenoxy) is 1. The molecular formula is C23H21NO3. The number of carboxylic acids is 1. The Morgan fingerprint density at radius 1 is 0.963 bits per heavy atom. The molecule has 0 fully saturated rings. The number of benzene rings is 3. The lowest BCUT2D eigenvalue weighted by atomic mass is 9.78. The minimum Gasteiger partial charge on any atom is -0.480 e. The first-order valence-electron chi connectivity index (χ1n) is 9.01. The first kappa shape index (κ1) is 17.3. The standard InChI is InChI=1S/C23H21NO3/c24-23(22(25)26)13-12-16-10-11-19(14-18(16)15-23)27-21-9-5-4-8-20(21)17-6-2-1-3-7-17/h1-11,14H,12-13,15,24H2,(H,25,26). The Hall–Kier alpha value is -3.11. The van der Waals surface area contributed by atoms with Crippen molar-refractivity contribution in [2.75, 3.05) is 0 Å². The maximum Gasteiger partial charge on any atom is 0.324 e. The number of rotatable bonds is 4. The van der Waals surface area contributed by atoms with Crippen LogP contribution >= 0.6 is 0 Å². The molecule has 1 unspecified atom stereocenters. The molecule has 3 N–H and O–H groups in total. The lowest BCUT2D eigenvalue weighted by Crippen LogP contribution is -2.52. The molecule has 0 amide bonds. The van der Waals surface area contributed by atoms with Crippen LogP contribution in [0.2, 0.25) is 0 Å². The van der Waals surface area contributed by atoms with E-state index in [4.69, 9.17) is 10.5 Å². The van der Waals surface area contributed by atoms with E-state index >= 15 is 0 Å². The van der Waals surface area contributed by atoms with Crippen molar-refractivity contribution in [3.05, 3.63) is 83.9 Å². The molecule has 0 heterocycles. The molecule has 0 saturated carbocycles. The fourth-order valence-electron chi connectivity index (χ4n) is 3.58. The molecule has 4 heteroatoms. The van der Waals surface area contributed by atoms with Crippen LogP contribution in [0.4, 0.5) is 0 Å².